The maximum Gasteiger partial charge on any atom is 0.267 e. The molecule has 0 bridgehead atoms. The zero-order valence-electron chi connectivity index (χ0n) is 18.6. The maximum atomic E-state index is 13.7. The fourth-order valence-corrected chi connectivity index (χ4v) is 6.21. The average Bonchev–Trinajstić information content (AvgIpc) is 3.18. The Balaban J connectivity index is 1.66. The molecule has 0 radical (unpaired) electrons. The number of nitrogens with zero attached hydrogens (tertiary/aromatic N) is 2. The second-order valence-electron chi connectivity index (χ2n) is 7.86. The summed E-state index contributed by atoms with van der Waals surface area (Å²) in [6.45, 7) is 5.69. The van der Waals surface area contributed by atoms with Crippen LogP contribution in [-0.4, -0.2) is 40.5 Å². The van der Waals surface area contributed by atoms with Gasteiger partial charge in [0, 0.05) is 24.6 Å². The summed E-state index contributed by atoms with van der Waals surface area (Å²) in [5.41, 5.74) is 1.91. The normalized spacial score (nSPS) is 14.3. The molecular formula is C24H29N3O3S2. The van der Waals surface area contributed by atoms with Crippen molar-refractivity contribution in [2.75, 3.05) is 19.8 Å². The highest BCUT2D eigenvalue weighted by Crippen LogP contribution is 2.35. The number of fused-ring (bicyclic) bond motifs is 3. The monoisotopic (exact) mass is 471 g/mol. The van der Waals surface area contributed by atoms with Gasteiger partial charge < -0.3 is 10.1 Å². The van der Waals surface area contributed by atoms with Crippen LogP contribution >= 0.6 is 23.1 Å². The predicted octanol–water partition coefficient (Wildman–Crippen LogP) is 4.35. The summed E-state index contributed by atoms with van der Waals surface area (Å²) in [5, 5.41) is 3.90. The highest BCUT2D eigenvalue weighted by atomic mass is 32.2. The first-order valence-corrected chi connectivity index (χ1v) is 12.9. The number of aromatic nitrogens is 2. The molecule has 32 heavy (non-hydrogen) atoms. The van der Waals surface area contributed by atoms with Gasteiger partial charge in [-0.2, -0.15) is 0 Å². The fourth-order valence-electron chi connectivity index (χ4n) is 3.96. The molecular weight excluding hydrogens is 442 g/mol. The first-order chi connectivity index (χ1) is 15.6. The molecule has 1 atom stereocenters. The van der Waals surface area contributed by atoms with Gasteiger partial charge >= 0.3 is 0 Å². The minimum atomic E-state index is -0.379. The quantitative estimate of drug-likeness (QED) is 0.285. The van der Waals surface area contributed by atoms with Crippen molar-refractivity contribution in [1.29, 1.82) is 0 Å². The van der Waals surface area contributed by atoms with Gasteiger partial charge in [-0.05, 0) is 63.6 Å². The lowest BCUT2D eigenvalue weighted by molar-refractivity contribution is -0.120. The lowest BCUT2D eigenvalue weighted by Gasteiger charge is -2.16. The van der Waals surface area contributed by atoms with E-state index in [1.165, 1.54) is 22.2 Å². The minimum Gasteiger partial charge on any atom is -0.382 e. The van der Waals surface area contributed by atoms with Crippen molar-refractivity contribution in [2.45, 2.75) is 56.4 Å². The van der Waals surface area contributed by atoms with Gasteiger partial charge in [-0.3, -0.25) is 14.2 Å². The molecule has 1 unspecified atom stereocenters. The molecule has 0 saturated carbocycles. The van der Waals surface area contributed by atoms with Crippen molar-refractivity contribution in [3.63, 3.8) is 0 Å². The first-order valence-electron chi connectivity index (χ1n) is 11.2. The Morgan fingerprint density at radius 2 is 2.06 bits per heavy atom. The molecule has 8 heteroatoms. The Morgan fingerprint density at radius 1 is 1.28 bits per heavy atom. The number of carbonyl (C=O) groups is 1. The van der Waals surface area contributed by atoms with E-state index in [0.29, 0.717) is 24.9 Å². The lowest BCUT2D eigenvalue weighted by atomic mass is 9.97. The number of amides is 1. The maximum absolute atomic E-state index is 13.7. The van der Waals surface area contributed by atoms with E-state index in [4.69, 9.17) is 9.72 Å². The second-order valence-corrected chi connectivity index (χ2v) is 10.3. The second kappa shape index (κ2) is 10.6. The molecule has 1 aliphatic rings. The number of hydrogen-bond acceptors (Lipinski definition) is 6. The van der Waals surface area contributed by atoms with Gasteiger partial charge in [-0.15, -0.1) is 11.3 Å². The van der Waals surface area contributed by atoms with E-state index in [2.05, 4.69) is 5.32 Å². The molecule has 4 rings (SSSR count). The van der Waals surface area contributed by atoms with Crippen molar-refractivity contribution in [1.82, 2.24) is 14.9 Å². The number of thioether (sulfide) groups is 1. The smallest absolute Gasteiger partial charge is 0.267 e. The summed E-state index contributed by atoms with van der Waals surface area (Å²) in [5.74, 6) is -0.0640. The summed E-state index contributed by atoms with van der Waals surface area (Å²) >= 11 is 2.97. The van der Waals surface area contributed by atoms with Crippen LogP contribution in [0.4, 0.5) is 0 Å². The fraction of sp³-hybridized carbons (Fsp3) is 0.458. The highest BCUT2D eigenvalue weighted by molar-refractivity contribution is 8.00. The number of aryl methyl sites for hydroxylation is 2. The van der Waals surface area contributed by atoms with Gasteiger partial charge in [0.2, 0.25) is 5.91 Å². The van der Waals surface area contributed by atoms with Gasteiger partial charge in [0.05, 0.1) is 16.3 Å². The number of nitrogens with one attached hydrogen (secondary N) is 1. The van der Waals surface area contributed by atoms with E-state index in [9.17, 15) is 9.59 Å². The van der Waals surface area contributed by atoms with E-state index in [-0.39, 0.29) is 16.7 Å². The van der Waals surface area contributed by atoms with Crippen LogP contribution in [0.3, 0.4) is 0 Å². The van der Waals surface area contributed by atoms with Gasteiger partial charge in [0.15, 0.2) is 5.16 Å². The topological polar surface area (TPSA) is 73.2 Å². The summed E-state index contributed by atoms with van der Waals surface area (Å²) in [6.07, 6.45) is 5.00. The number of benzene rings is 1. The third kappa shape index (κ3) is 4.92. The molecule has 0 fully saturated rings. The molecule has 3 aromatic rings. The SMILES string of the molecule is CCOCCCNC(=O)C(C)Sc1nc2sc3c(c2c(=O)n1-c1ccccc1)CCCC3. The van der Waals surface area contributed by atoms with Crippen molar-refractivity contribution < 1.29 is 9.53 Å². The molecule has 2 aromatic heterocycles. The zero-order valence-corrected chi connectivity index (χ0v) is 20.2. The molecule has 1 aromatic carbocycles. The predicted molar refractivity (Wildman–Crippen MR) is 131 cm³/mol. The molecule has 0 spiro atoms. The van der Waals surface area contributed by atoms with Crippen LogP contribution in [0.1, 0.15) is 43.6 Å². The van der Waals surface area contributed by atoms with Gasteiger partial charge in [-0.1, -0.05) is 30.0 Å². The molecule has 170 valence electrons. The number of rotatable bonds is 9. The van der Waals surface area contributed by atoms with E-state index >= 15 is 0 Å². The average molecular weight is 472 g/mol. The number of thiophene rings is 1. The highest BCUT2D eigenvalue weighted by Gasteiger charge is 2.25. The van der Waals surface area contributed by atoms with Crippen molar-refractivity contribution >= 4 is 39.2 Å². The number of ether oxygens (including phenoxy) is 1. The third-order valence-electron chi connectivity index (χ3n) is 5.59. The molecule has 0 saturated heterocycles. The molecule has 0 aliphatic heterocycles. The van der Waals surface area contributed by atoms with Crippen molar-refractivity contribution in [3.05, 3.63) is 51.1 Å². The van der Waals surface area contributed by atoms with Crippen LogP contribution in [0, 0.1) is 0 Å². The van der Waals surface area contributed by atoms with E-state index < -0.39 is 0 Å². The van der Waals surface area contributed by atoms with Crippen LogP contribution in [-0.2, 0) is 22.4 Å². The molecule has 1 aliphatic carbocycles. The van der Waals surface area contributed by atoms with E-state index in [0.717, 1.165) is 48.0 Å². The zero-order chi connectivity index (χ0) is 22.5. The standard InChI is InChI=1S/C24H29N3O3S2/c1-3-30-15-9-14-25-21(28)16(2)31-24-26-22-20(18-12-7-8-13-19(18)32-22)23(29)27(24)17-10-5-4-6-11-17/h4-6,10-11,16H,3,7-9,12-15H2,1-2H3,(H,25,28). The summed E-state index contributed by atoms with van der Waals surface area (Å²) < 4.78 is 7.00. The van der Waals surface area contributed by atoms with Crippen LogP contribution in [0.15, 0.2) is 40.3 Å². The van der Waals surface area contributed by atoms with Gasteiger partial charge in [-0.25, -0.2) is 4.98 Å². The third-order valence-corrected chi connectivity index (χ3v) is 7.83. The number of carbonyl (C=O) groups excluding carboxylic acids is 1. The van der Waals surface area contributed by atoms with Gasteiger partial charge in [0.25, 0.3) is 5.56 Å². The first kappa shape index (κ1) is 23.0. The number of hydrogen-bond donors (Lipinski definition) is 1. The summed E-state index contributed by atoms with van der Waals surface area (Å²) in [7, 11) is 0. The van der Waals surface area contributed by atoms with Crippen molar-refractivity contribution in [3.8, 4) is 5.69 Å². The van der Waals surface area contributed by atoms with Gasteiger partial charge in [0.1, 0.15) is 4.83 Å². The Hall–Kier alpha value is -2.16. The number of para-hydroxylation sites is 1. The van der Waals surface area contributed by atoms with E-state index in [1.807, 2.05) is 44.2 Å². The molecule has 6 nitrogen and oxygen atoms in total. The molecule has 2 heterocycles. The summed E-state index contributed by atoms with van der Waals surface area (Å²) in [6, 6.07) is 9.58. The Bertz CT molecular complexity index is 1140. The Kier molecular flexibility index (Phi) is 7.65. The lowest BCUT2D eigenvalue weighted by Crippen LogP contribution is -2.33. The van der Waals surface area contributed by atoms with Crippen LogP contribution in [0.5, 0.6) is 0 Å². The summed E-state index contributed by atoms with van der Waals surface area (Å²) in [4.78, 5) is 33.3. The van der Waals surface area contributed by atoms with Crippen LogP contribution < -0.4 is 10.9 Å². The largest absolute Gasteiger partial charge is 0.382 e. The van der Waals surface area contributed by atoms with Crippen LogP contribution in [0.2, 0.25) is 0 Å². The Labute approximate surface area is 196 Å². The Morgan fingerprint density at radius 3 is 2.84 bits per heavy atom. The van der Waals surface area contributed by atoms with Crippen molar-refractivity contribution in [2.24, 2.45) is 0 Å². The molecule has 1 amide bonds. The van der Waals surface area contributed by atoms with E-state index in [1.54, 1.807) is 15.9 Å². The molecule has 1 N–H and O–H groups in total. The minimum absolute atomic E-state index is 0.0348. The van der Waals surface area contributed by atoms with Crippen LogP contribution in [0.25, 0.3) is 15.9 Å².